The number of aliphatic hydroxyl groups is 2. The van der Waals surface area contributed by atoms with Crippen molar-refractivity contribution in [3.8, 4) is 0 Å². The van der Waals surface area contributed by atoms with Crippen LogP contribution < -0.4 is 11.3 Å². The van der Waals surface area contributed by atoms with E-state index < -0.39 is 18.4 Å². The Morgan fingerprint density at radius 3 is 3.11 bits per heavy atom. The van der Waals surface area contributed by atoms with Gasteiger partial charge in [-0.25, -0.2) is 4.98 Å². The van der Waals surface area contributed by atoms with Gasteiger partial charge in [0.05, 0.1) is 18.2 Å². The number of aliphatic hydroxyl groups excluding tert-OH is 2. The third-order valence-electron chi connectivity index (χ3n) is 3.29. The van der Waals surface area contributed by atoms with Crippen LogP contribution in [-0.2, 0) is 4.74 Å². The van der Waals surface area contributed by atoms with Crippen molar-refractivity contribution in [1.82, 2.24) is 14.5 Å². The van der Waals surface area contributed by atoms with Crippen LogP contribution in [0.3, 0.4) is 0 Å². The van der Waals surface area contributed by atoms with Crippen LogP contribution in [0.15, 0.2) is 17.1 Å². The van der Waals surface area contributed by atoms with E-state index in [1.165, 1.54) is 0 Å². The van der Waals surface area contributed by atoms with E-state index in [2.05, 4.69) is 9.97 Å². The lowest BCUT2D eigenvalue weighted by Crippen LogP contribution is -2.24. The fraction of sp³-hybridized carbons (Fsp3) is 0.455. The average molecular weight is 266 g/mol. The summed E-state index contributed by atoms with van der Waals surface area (Å²) >= 11 is 0. The molecule has 0 spiro atoms. The molecule has 8 heteroatoms. The normalized spacial score (nSPS) is 27.2. The lowest BCUT2D eigenvalue weighted by molar-refractivity contribution is -0.0429. The number of nitrogens with two attached hydrogens (primary N) is 1. The molecule has 0 aromatic carbocycles. The van der Waals surface area contributed by atoms with Gasteiger partial charge in [-0.3, -0.25) is 9.78 Å². The van der Waals surface area contributed by atoms with Gasteiger partial charge in [0.1, 0.15) is 17.8 Å². The molecular formula is C11H14N4O4. The van der Waals surface area contributed by atoms with Gasteiger partial charge in [0.2, 0.25) is 5.95 Å². The minimum absolute atomic E-state index is 0.0517. The monoisotopic (exact) mass is 266 g/mol. The van der Waals surface area contributed by atoms with Crippen LogP contribution in [0.25, 0.3) is 11.0 Å². The van der Waals surface area contributed by atoms with Crippen LogP contribution >= 0.6 is 0 Å². The summed E-state index contributed by atoms with van der Waals surface area (Å²) in [5.41, 5.74) is 5.91. The number of anilines is 1. The number of hydrogen-bond acceptors (Lipinski definition) is 6. The molecule has 1 aliphatic heterocycles. The molecule has 5 N–H and O–H groups in total. The van der Waals surface area contributed by atoms with Crippen LogP contribution in [-0.4, -0.2) is 43.6 Å². The molecule has 0 aliphatic carbocycles. The highest BCUT2D eigenvalue weighted by molar-refractivity contribution is 5.75. The van der Waals surface area contributed by atoms with Crippen molar-refractivity contribution in [2.45, 2.75) is 24.9 Å². The maximum atomic E-state index is 11.9. The molecule has 102 valence electrons. The van der Waals surface area contributed by atoms with E-state index in [4.69, 9.17) is 15.6 Å². The minimum atomic E-state index is -0.756. The molecule has 1 aliphatic rings. The standard InChI is InChI=1S/C11H14N4O4/c12-11-13-5-1-2-15(9(5)10(18)14-11)8-3-6(17)7(4-16)19-8/h1-2,6-8,16-17H,3-4H2,(H3,12,13,14,18). The molecule has 3 heterocycles. The summed E-state index contributed by atoms with van der Waals surface area (Å²) in [7, 11) is 0. The Kier molecular flexibility index (Phi) is 2.77. The van der Waals surface area contributed by atoms with Crippen LogP contribution in [0.1, 0.15) is 12.6 Å². The SMILES string of the molecule is Nc1nc2ccn(C3CC(O)C(CO)O3)c2c(=O)[nH]1. The predicted molar refractivity (Wildman–Crippen MR) is 66.4 cm³/mol. The van der Waals surface area contributed by atoms with Gasteiger partial charge in [0.15, 0.2) is 0 Å². The van der Waals surface area contributed by atoms with Gasteiger partial charge in [-0.15, -0.1) is 0 Å². The summed E-state index contributed by atoms with van der Waals surface area (Å²) in [5.74, 6) is 0.0517. The Hall–Kier alpha value is -1.90. The van der Waals surface area contributed by atoms with E-state index in [9.17, 15) is 9.90 Å². The number of ether oxygens (including phenoxy) is 1. The van der Waals surface area contributed by atoms with Crippen molar-refractivity contribution in [1.29, 1.82) is 0 Å². The molecule has 0 saturated carbocycles. The molecule has 3 rings (SSSR count). The van der Waals surface area contributed by atoms with E-state index >= 15 is 0 Å². The molecule has 19 heavy (non-hydrogen) atoms. The quantitative estimate of drug-likeness (QED) is 0.549. The number of aromatic amines is 1. The highest BCUT2D eigenvalue weighted by atomic mass is 16.5. The fourth-order valence-corrected chi connectivity index (χ4v) is 2.38. The maximum Gasteiger partial charge on any atom is 0.276 e. The number of fused-ring (bicyclic) bond motifs is 1. The predicted octanol–water partition coefficient (Wildman–Crippen LogP) is -1.05. The Labute approximate surface area is 107 Å². The van der Waals surface area contributed by atoms with Crippen molar-refractivity contribution in [2.24, 2.45) is 0 Å². The maximum absolute atomic E-state index is 11.9. The molecule has 1 saturated heterocycles. The third-order valence-corrected chi connectivity index (χ3v) is 3.29. The van der Waals surface area contributed by atoms with Crippen LogP contribution in [0, 0.1) is 0 Å². The number of rotatable bonds is 2. The summed E-state index contributed by atoms with van der Waals surface area (Å²) in [6.07, 6.45) is 0.0650. The third kappa shape index (κ3) is 1.89. The molecule has 0 bridgehead atoms. The first-order valence-electron chi connectivity index (χ1n) is 5.91. The van der Waals surface area contributed by atoms with Crippen molar-refractivity contribution in [3.63, 3.8) is 0 Å². The molecule has 3 atom stereocenters. The summed E-state index contributed by atoms with van der Waals surface area (Å²) in [6.45, 7) is -0.265. The number of H-pyrrole nitrogens is 1. The molecule has 1 fully saturated rings. The Balaban J connectivity index is 2.05. The first kappa shape index (κ1) is 12.2. The molecule has 3 unspecified atom stereocenters. The van der Waals surface area contributed by atoms with Crippen molar-refractivity contribution < 1.29 is 14.9 Å². The van der Waals surface area contributed by atoms with Gasteiger partial charge in [-0.2, -0.15) is 0 Å². The zero-order valence-electron chi connectivity index (χ0n) is 9.98. The van der Waals surface area contributed by atoms with E-state index in [0.29, 0.717) is 17.5 Å². The topological polar surface area (TPSA) is 126 Å². The second-order valence-corrected chi connectivity index (χ2v) is 4.52. The van der Waals surface area contributed by atoms with E-state index in [1.807, 2.05) is 0 Å². The van der Waals surface area contributed by atoms with Crippen LogP contribution in [0.5, 0.6) is 0 Å². The molecule has 0 radical (unpaired) electrons. The van der Waals surface area contributed by atoms with Gasteiger partial charge >= 0.3 is 0 Å². The average Bonchev–Trinajstić information content (AvgIpc) is 2.92. The lowest BCUT2D eigenvalue weighted by Gasteiger charge is -2.14. The fourth-order valence-electron chi connectivity index (χ4n) is 2.38. The first-order chi connectivity index (χ1) is 9.10. The molecule has 0 amide bonds. The molecule has 8 nitrogen and oxygen atoms in total. The number of aromatic nitrogens is 3. The Morgan fingerprint density at radius 2 is 2.42 bits per heavy atom. The number of nitrogens with zero attached hydrogens (tertiary/aromatic N) is 2. The Morgan fingerprint density at radius 1 is 1.63 bits per heavy atom. The Bertz CT molecular complexity index is 664. The first-order valence-corrected chi connectivity index (χ1v) is 5.91. The van der Waals surface area contributed by atoms with Gasteiger partial charge in [-0.05, 0) is 6.07 Å². The van der Waals surface area contributed by atoms with Crippen molar-refractivity contribution >= 4 is 17.0 Å². The van der Waals surface area contributed by atoms with E-state index in [-0.39, 0.29) is 18.1 Å². The van der Waals surface area contributed by atoms with Gasteiger partial charge in [0.25, 0.3) is 5.56 Å². The van der Waals surface area contributed by atoms with Gasteiger partial charge < -0.3 is 25.3 Å². The smallest absolute Gasteiger partial charge is 0.276 e. The van der Waals surface area contributed by atoms with Crippen molar-refractivity contribution in [3.05, 3.63) is 22.6 Å². The number of nitrogen functional groups attached to an aromatic ring is 1. The number of hydrogen-bond donors (Lipinski definition) is 4. The second-order valence-electron chi connectivity index (χ2n) is 4.52. The highest BCUT2D eigenvalue weighted by Gasteiger charge is 2.35. The lowest BCUT2D eigenvalue weighted by atomic mass is 10.2. The van der Waals surface area contributed by atoms with Crippen molar-refractivity contribution in [2.75, 3.05) is 12.3 Å². The number of nitrogens with one attached hydrogen (secondary N) is 1. The minimum Gasteiger partial charge on any atom is -0.394 e. The van der Waals surface area contributed by atoms with E-state index in [1.54, 1.807) is 16.8 Å². The zero-order valence-corrected chi connectivity index (χ0v) is 9.98. The molecule has 2 aromatic heterocycles. The summed E-state index contributed by atoms with van der Waals surface area (Å²) in [5, 5.41) is 18.8. The van der Waals surface area contributed by atoms with Crippen LogP contribution in [0.4, 0.5) is 5.95 Å². The summed E-state index contributed by atoms with van der Waals surface area (Å²) < 4.78 is 7.11. The molecular weight excluding hydrogens is 252 g/mol. The largest absolute Gasteiger partial charge is 0.394 e. The van der Waals surface area contributed by atoms with E-state index in [0.717, 1.165) is 0 Å². The zero-order chi connectivity index (χ0) is 13.6. The second kappa shape index (κ2) is 4.34. The summed E-state index contributed by atoms with van der Waals surface area (Å²) in [4.78, 5) is 18.4. The summed E-state index contributed by atoms with van der Waals surface area (Å²) in [6, 6.07) is 1.66. The highest BCUT2D eigenvalue weighted by Crippen LogP contribution is 2.30. The van der Waals surface area contributed by atoms with Gasteiger partial charge in [0, 0.05) is 12.6 Å². The van der Waals surface area contributed by atoms with Gasteiger partial charge in [-0.1, -0.05) is 0 Å². The van der Waals surface area contributed by atoms with Crippen LogP contribution in [0.2, 0.25) is 0 Å². The molecule has 2 aromatic rings.